The van der Waals surface area contributed by atoms with Gasteiger partial charge >= 0.3 is 0 Å². The standard InChI is InChI=1S/C14H22N4O2/c1-5-17-13(19)11(9(3)15-17)7-8-12-10(4)16-18(6-2)14(12)20/h19-20H,5-8H2,1-4H3. The summed E-state index contributed by atoms with van der Waals surface area (Å²) in [4.78, 5) is 0. The van der Waals surface area contributed by atoms with Crippen LogP contribution in [0.1, 0.15) is 36.4 Å². The lowest BCUT2D eigenvalue weighted by atomic mass is 10.1. The van der Waals surface area contributed by atoms with Crippen LogP contribution in [0.4, 0.5) is 0 Å². The predicted molar refractivity (Wildman–Crippen MR) is 76.0 cm³/mol. The summed E-state index contributed by atoms with van der Waals surface area (Å²) in [5.74, 6) is 0.454. The predicted octanol–water partition coefficient (Wildman–Crippen LogP) is 1.93. The van der Waals surface area contributed by atoms with Crippen molar-refractivity contribution < 1.29 is 10.2 Å². The summed E-state index contributed by atoms with van der Waals surface area (Å²) in [6, 6.07) is 0. The smallest absolute Gasteiger partial charge is 0.212 e. The first-order chi connectivity index (χ1) is 9.49. The zero-order chi connectivity index (χ0) is 14.9. The fourth-order valence-corrected chi connectivity index (χ4v) is 2.49. The highest BCUT2D eigenvalue weighted by Crippen LogP contribution is 2.26. The summed E-state index contributed by atoms with van der Waals surface area (Å²) in [7, 11) is 0. The van der Waals surface area contributed by atoms with E-state index in [2.05, 4.69) is 10.2 Å². The monoisotopic (exact) mass is 278 g/mol. The van der Waals surface area contributed by atoms with E-state index < -0.39 is 0 Å². The van der Waals surface area contributed by atoms with Crippen LogP contribution in [0.15, 0.2) is 0 Å². The van der Waals surface area contributed by atoms with Crippen LogP contribution < -0.4 is 0 Å². The number of rotatable bonds is 5. The first kappa shape index (κ1) is 14.4. The van der Waals surface area contributed by atoms with Crippen LogP contribution >= 0.6 is 0 Å². The Labute approximate surface area is 118 Å². The normalized spacial score (nSPS) is 11.2. The largest absolute Gasteiger partial charge is 0.493 e. The van der Waals surface area contributed by atoms with Gasteiger partial charge in [-0.3, -0.25) is 0 Å². The Morgan fingerprint density at radius 2 is 1.15 bits per heavy atom. The van der Waals surface area contributed by atoms with Crippen LogP contribution in [-0.4, -0.2) is 29.8 Å². The topological polar surface area (TPSA) is 76.1 Å². The third-order valence-electron chi connectivity index (χ3n) is 3.67. The number of aromatic hydroxyl groups is 2. The molecule has 20 heavy (non-hydrogen) atoms. The Kier molecular flexibility index (Phi) is 4.01. The van der Waals surface area contributed by atoms with Gasteiger partial charge < -0.3 is 10.2 Å². The lowest BCUT2D eigenvalue weighted by Crippen LogP contribution is -1.96. The Morgan fingerprint density at radius 1 is 0.800 bits per heavy atom. The van der Waals surface area contributed by atoms with E-state index in [0.29, 0.717) is 25.9 Å². The Hall–Kier alpha value is -1.98. The van der Waals surface area contributed by atoms with Crippen molar-refractivity contribution in [2.75, 3.05) is 0 Å². The van der Waals surface area contributed by atoms with Crippen molar-refractivity contribution in [1.82, 2.24) is 19.6 Å². The molecular weight excluding hydrogens is 256 g/mol. The van der Waals surface area contributed by atoms with Crippen LogP contribution in [0.5, 0.6) is 11.8 Å². The zero-order valence-electron chi connectivity index (χ0n) is 12.5. The molecule has 2 aromatic heterocycles. The van der Waals surface area contributed by atoms with Crippen molar-refractivity contribution in [2.45, 2.75) is 53.6 Å². The molecule has 0 fully saturated rings. The zero-order valence-corrected chi connectivity index (χ0v) is 12.5. The van der Waals surface area contributed by atoms with E-state index in [1.165, 1.54) is 0 Å². The van der Waals surface area contributed by atoms with Gasteiger partial charge in [-0.1, -0.05) is 0 Å². The minimum absolute atomic E-state index is 0.227. The highest BCUT2D eigenvalue weighted by molar-refractivity contribution is 5.34. The van der Waals surface area contributed by atoms with E-state index in [4.69, 9.17) is 0 Å². The first-order valence-electron chi connectivity index (χ1n) is 7.00. The summed E-state index contributed by atoms with van der Waals surface area (Å²) in [5, 5.41) is 28.8. The molecule has 110 valence electrons. The lowest BCUT2D eigenvalue weighted by Gasteiger charge is -2.03. The summed E-state index contributed by atoms with van der Waals surface area (Å²) in [5.41, 5.74) is 3.36. The number of aryl methyl sites for hydroxylation is 4. The van der Waals surface area contributed by atoms with Gasteiger partial charge in [-0.05, 0) is 40.5 Å². The molecule has 0 saturated heterocycles. The SMILES string of the molecule is CCn1nc(C)c(CCc2c(C)nn(CC)c2O)c1O. The number of hydrogen-bond donors (Lipinski definition) is 2. The molecule has 0 atom stereocenters. The Morgan fingerprint density at radius 3 is 1.40 bits per heavy atom. The summed E-state index contributed by atoms with van der Waals surface area (Å²) < 4.78 is 3.18. The van der Waals surface area contributed by atoms with E-state index in [0.717, 1.165) is 22.5 Å². The molecule has 6 nitrogen and oxygen atoms in total. The molecule has 2 aromatic rings. The van der Waals surface area contributed by atoms with Crippen molar-refractivity contribution in [3.63, 3.8) is 0 Å². The second kappa shape index (κ2) is 5.56. The van der Waals surface area contributed by atoms with Crippen molar-refractivity contribution in [3.05, 3.63) is 22.5 Å². The maximum absolute atomic E-state index is 10.1. The van der Waals surface area contributed by atoms with Crippen molar-refractivity contribution in [1.29, 1.82) is 0 Å². The van der Waals surface area contributed by atoms with E-state index in [1.54, 1.807) is 9.36 Å². The molecule has 2 N–H and O–H groups in total. The van der Waals surface area contributed by atoms with Crippen molar-refractivity contribution in [3.8, 4) is 11.8 Å². The van der Waals surface area contributed by atoms with E-state index >= 15 is 0 Å². The van der Waals surface area contributed by atoms with Gasteiger partial charge in [0.05, 0.1) is 11.4 Å². The average molecular weight is 278 g/mol. The minimum Gasteiger partial charge on any atom is -0.493 e. The summed E-state index contributed by atoms with van der Waals surface area (Å²) >= 11 is 0. The highest BCUT2D eigenvalue weighted by atomic mass is 16.3. The molecule has 0 saturated carbocycles. The molecule has 2 heterocycles. The second-order valence-corrected chi connectivity index (χ2v) is 4.91. The molecular formula is C14H22N4O2. The molecule has 0 aliphatic heterocycles. The molecule has 0 aromatic carbocycles. The van der Waals surface area contributed by atoms with Gasteiger partial charge in [-0.25, -0.2) is 9.36 Å². The van der Waals surface area contributed by atoms with E-state index in [9.17, 15) is 10.2 Å². The Bertz CT molecular complexity index is 559. The maximum Gasteiger partial charge on any atom is 0.212 e. The van der Waals surface area contributed by atoms with Crippen molar-refractivity contribution >= 4 is 0 Å². The van der Waals surface area contributed by atoms with Crippen LogP contribution in [0.25, 0.3) is 0 Å². The van der Waals surface area contributed by atoms with Gasteiger partial charge in [0.1, 0.15) is 0 Å². The third-order valence-corrected chi connectivity index (χ3v) is 3.67. The van der Waals surface area contributed by atoms with Gasteiger partial charge in [-0.15, -0.1) is 0 Å². The molecule has 0 aliphatic rings. The van der Waals surface area contributed by atoms with Crippen LogP contribution in [0, 0.1) is 13.8 Å². The highest BCUT2D eigenvalue weighted by Gasteiger charge is 2.17. The van der Waals surface area contributed by atoms with Gasteiger partial charge in [0, 0.05) is 24.2 Å². The van der Waals surface area contributed by atoms with E-state index in [1.807, 2.05) is 27.7 Å². The molecule has 0 amide bonds. The van der Waals surface area contributed by atoms with Gasteiger partial charge in [0.2, 0.25) is 11.8 Å². The maximum atomic E-state index is 10.1. The molecule has 0 aliphatic carbocycles. The number of aromatic nitrogens is 4. The van der Waals surface area contributed by atoms with Crippen LogP contribution in [-0.2, 0) is 25.9 Å². The fourth-order valence-electron chi connectivity index (χ4n) is 2.49. The lowest BCUT2D eigenvalue weighted by molar-refractivity contribution is 0.396. The number of nitrogens with zero attached hydrogens (tertiary/aromatic N) is 4. The quantitative estimate of drug-likeness (QED) is 0.876. The first-order valence-corrected chi connectivity index (χ1v) is 7.00. The van der Waals surface area contributed by atoms with Crippen LogP contribution in [0.3, 0.4) is 0 Å². The second-order valence-electron chi connectivity index (χ2n) is 4.91. The molecule has 0 spiro atoms. The summed E-state index contributed by atoms with van der Waals surface area (Å²) in [6.07, 6.45) is 1.28. The van der Waals surface area contributed by atoms with Gasteiger partial charge in [-0.2, -0.15) is 10.2 Å². The summed E-state index contributed by atoms with van der Waals surface area (Å²) in [6.45, 7) is 8.95. The Balaban J connectivity index is 2.21. The minimum atomic E-state index is 0.227. The third kappa shape index (κ3) is 2.37. The molecule has 0 radical (unpaired) electrons. The molecule has 0 bridgehead atoms. The van der Waals surface area contributed by atoms with Crippen molar-refractivity contribution in [2.24, 2.45) is 0 Å². The fraction of sp³-hybridized carbons (Fsp3) is 0.571. The molecule has 0 unspecified atom stereocenters. The van der Waals surface area contributed by atoms with Gasteiger partial charge in [0.15, 0.2) is 0 Å². The van der Waals surface area contributed by atoms with Gasteiger partial charge in [0.25, 0.3) is 0 Å². The van der Waals surface area contributed by atoms with Crippen LogP contribution in [0.2, 0.25) is 0 Å². The van der Waals surface area contributed by atoms with E-state index in [-0.39, 0.29) is 11.8 Å². The molecule has 6 heteroatoms. The number of hydrogen-bond acceptors (Lipinski definition) is 4. The molecule has 2 rings (SSSR count). The average Bonchev–Trinajstić information content (AvgIpc) is 2.86.